The van der Waals surface area contributed by atoms with E-state index in [0.717, 1.165) is 11.1 Å². The third-order valence-corrected chi connectivity index (χ3v) is 11.5. The van der Waals surface area contributed by atoms with Gasteiger partial charge in [0.25, 0.3) is 0 Å². The second-order valence-corrected chi connectivity index (χ2v) is 16.8. The van der Waals surface area contributed by atoms with Gasteiger partial charge in [-0.3, -0.25) is 9.59 Å². The molecular formula is C45H66N2O10. The zero-order valence-electron chi connectivity index (χ0n) is 36.0. The number of ether oxygens (including phenoxy) is 6. The highest BCUT2D eigenvalue weighted by Crippen LogP contribution is 2.40. The summed E-state index contributed by atoms with van der Waals surface area (Å²) in [5, 5.41) is 12.4. The summed E-state index contributed by atoms with van der Waals surface area (Å²) in [6, 6.07) is 9.70. The van der Waals surface area contributed by atoms with Gasteiger partial charge in [0, 0.05) is 37.0 Å². The number of cyclic esters (lactones) is 1. The number of carbonyl (C=O) groups is 3. The summed E-state index contributed by atoms with van der Waals surface area (Å²) < 4.78 is 39.4. The number of allylic oxidation sites excluding steroid dienone is 2. The molecule has 4 rings (SSSR count). The Labute approximate surface area is 339 Å². The molecule has 12 heteroatoms. The Kier molecular flexibility index (Phi) is 16.2. The van der Waals surface area contributed by atoms with Gasteiger partial charge in [-0.25, -0.2) is 9.79 Å². The van der Waals surface area contributed by atoms with Gasteiger partial charge in [-0.15, -0.1) is 0 Å². The molecule has 12 nitrogen and oxygen atoms in total. The maximum Gasteiger partial charge on any atom is 0.333 e. The lowest BCUT2D eigenvalue weighted by molar-refractivity contribution is -0.298. The van der Waals surface area contributed by atoms with Gasteiger partial charge in [0.2, 0.25) is 5.91 Å². The van der Waals surface area contributed by atoms with E-state index in [9.17, 15) is 19.5 Å². The number of fused-ring (bicyclic) bond motifs is 5. The Hall–Kier alpha value is -3.52. The van der Waals surface area contributed by atoms with E-state index in [4.69, 9.17) is 28.4 Å². The Morgan fingerprint density at radius 2 is 1.75 bits per heavy atom. The van der Waals surface area contributed by atoms with Gasteiger partial charge in [0.15, 0.2) is 12.4 Å². The first-order chi connectivity index (χ1) is 26.8. The number of hydrogen-bond acceptors (Lipinski definition) is 11. The molecule has 1 aromatic carbocycles. The van der Waals surface area contributed by atoms with Crippen molar-refractivity contribution in [3.05, 3.63) is 65.3 Å². The van der Waals surface area contributed by atoms with Crippen molar-refractivity contribution in [1.82, 2.24) is 4.90 Å². The van der Waals surface area contributed by atoms with E-state index in [0.29, 0.717) is 30.5 Å². The fourth-order valence-corrected chi connectivity index (χ4v) is 8.74. The van der Waals surface area contributed by atoms with Crippen LogP contribution in [0.15, 0.2) is 64.7 Å². The van der Waals surface area contributed by atoms with Crippen molar-refractivity contribution in [3.8, 4) is 0 Å². The molecule has 1 N–H and O–H groups in total. The Morgan fingerprint density at radius 1 is 1.07 bits per heavy atom. The number of aliphatic imine (C=N–C) groups is 1. The maximum absolute atomic E-state index is 13.9. The normalized spacial score (nSPS) is 38.5. The smallest absolute Gasteiger partial charge is 0.333 e. The van der Waals surface area contributed by atoms with E-state index >= 15 is 0 Å². The van der Waals surface area contributed by atoms with Crippen LogP contribution in [0.1, 0.15) is 94.1 Å². The van der Waals surface area contributed by atoms with Crippen LogP contribution in [-0.4, -0.2) is 115 Å². The third-order valence-electron chi connectivity index (χ3n) is 11.5. The van der Waals surface area contributed by atoms with E-state index in [1.54, 1.807) is 19.9 Å². The lowest BCUT2D eigenvalue weighted by Gasteiger charge is -2.48. The van der Waals surface area contributed by atoms with Crippen molar-refractivity contribution in [2.75, 3.05) is 27.3 Å². The first kappa shape index (κ1) is 46.2. The Morgan fingerprint density at radius 3 is 2.37 bits per heavy atom. The molecule has 0 spiro atoms. The van der Waals surface area contributed by atoms with E-state index < -0.39 is 77.5 Å². The number of aliphatic hydroxyl groups is 1. The summed E-state index contributed by atoms with van der Waals surface area (Å²) in [5.41, 5.74) is -0.216. The van der Waals surface area contributed by atoms with Crippen molar-refractivity contribution in [3.63, 3.8) is 0 Å². The minimum absolute atomic E-state index is 0.0487. The molecule has 0 saturated carbocycles. The van der Waals surface area contributed by atoms with Crippen LogP contribution in [0.2, 0.25) is 0 Å². The summed E-state index contributed by atoms with van der Waals surface area (Å²) in [6.45, 7) is 17.8. The van der Waals surface area contributed by atoms with Crippen LogP contribution in [0, 0.1) is 17.8 Å². The highest BCUT2D eigenvalue weighted by Gasteiger charge is 2.51. The molecule has 3 heterocycles. The number of esters is 2. The SMILES string of the molecule is CC[C@H]1OC(=O)/C(C)=C\[C@H](C)[C@@H](O[C@@H]2O[C@H](C)C[C@H](N(C)C)[C@H]2OC(C)=O)[C@@]2(C)C[C@@H](C)C(=NC(C)=O)[C@H](C)[C@H](OC/C(=C\C=C\c3ccccc3)CO2)[C@]1(C)O. The number of nitrogens with zero attached hydrogens (tertiary/aromatic N) is 2. The molecule has 1 amide bonds. The predicted molar refractivity (Wildman–Crippen MR) is 219 cm³/mol. The highest BCUT2D eigenvalue weighted by molar-refractivity contribution is 5.98. The van der Waals surface area contributed by atoms with Gasteiger partial charge >= 0.3 is 11.9 Å². The molecule has 12 atom stereocenters. The summed E-state index contributed by atoms with van der Waals surface area (Å²) in [4.78, 5) is 45.8. The lowest BCUT2D eigenvalue weighted by atomic mass is 9.74. The molecule has 0 aliphatic carbocycles. The average Bonchev–Trinajstić information content (AvgIpc) is 3.14. The zero-order chi connectivity index (χ0) is 42.2. The van der Waals surface area contributed by atoms with E-state index in [2.05, 4.69) is 4.99 Å². The molecular weight excluding hydrogens is 728 g/mol. The van der Waals surface area contributed by atoms with Crippen molar-refractivity contribution >= 4 is 29.6 Å². The monoisotopic (exact) mass is 794 g/mol. The molecule has 2 bridgehead atoms. The quantitative estimate of drug-likeness (QED) is 0.303. The highest BCUT2D eigenvalue weighted by atomic mass is 16.7. The van der Waals surface area contributed by atoms with E-state index in [1.165, 1.54) is 13.8 Å². The number of rotatable bonds is 7. The first-order valence-corrected chi connectivity index (χ1v) is 20.3. The zero-order valence-corrected chi connectivity index (χ0v) is 36.0. The molecule has 2 saturated heterocycles. The van der Waals surface area contributed by atoms with Crippen LogP contribution in [0.4, 0.5) is 0 Å². The van der Waals surface area contributed by atoms with Gasteiger partial charge in [-0.2, -0.15) is 0 Å². The number of hydrogen-bond donors (Lipinski definition) is 1. The van der Waals surface area contributed by atoms with E-state index in [1.807, 2.05) is 109 Å². The summed E-state index contributed by atoms with van der Waals surface area (Å²) in [6.07, 6.45) is 4.14. The fourth-order valence-electron chi connectivity index (χ4n) is 8.74. The average molecular weight is 795 g/mol. The minimum Gasteiger partial charge on any atom is -0.456 e. The van der Waals surface area contributed by atoms with E-state index in [-0.39, 0.29) is 25.4 Å². The Balaban J connectivity index is 1.99. The van der Waals surface area contributed by atoms with Gasteiger partial charge in [-0.1, -0.05) is 82.3 Å². The van der Waals surface area contributed by atoms with Crippen molar-refractivity contribution in [1.29, 1.82) is 0 Å². The molecule has 57 heavy (non-hydrogen) atoms. The molecule has 316 valence electrons. The van der Waals surface area contributed by atoms with Crippen molar-refractivity contribution < 1.29 is 47.9 Å². The van der Waals surface area contributed by atoms with Crippen LogP contribution < -0.4 is 0 Å². The number of amides is 1. The Bertz CT molecular complexity index is 1670. The topological polar surface area (TPSA) is 142 Å². The van der Waals surface area contributed by atoms with Crippen LogP contribution in [0.5, 0.6) is 0 Å². The van der Waals surface area contributed by atoms with Crippen LogP contribution in [-0.2, 0) is 42.8 Å². The molecule has 3 aliphatic rings. The van der Waals surface area contributed by atoms with Crippen LogP contribution in [0.3, 0.4) is 0 Å². The van der Waals surface area contributed by atoms with Gasteiger partial charge in [0.05, 0.1) is 43.2 Å². The first-order valence-electron chi connectivity index (χ1n) is 20.3. The van der Waals surface area contributed by atoms with Crippen LogP contribution >= 0.6 is 0 Å². The third kappa shape index (κ3) is 11.8. The molecule has 0 aromatic heterocycles. The summed E-state index contributed by atoms with van der Waals surface area (Å²) >= 11 is 0. The second kappa shape index (κ2) is 20.0. The molecule has 1 aromatic rings. The second-order valence-electron chi connectivity index (χ2n) is 16.8. The maximum atomic E-state index is 13.9. The van der Waals surface area contributed by atoms with Crippen molar-refractivity contribution in [2.24, 2.45) is 22.7 Å². The summed E-state index contributed by atoms with van der Waals surface area (Å²) in [5.74, 6) is -2.95. The number of carbonyl (C=O) groups excluding carboxylic acids is 3. The van der Waals surface area contributed by atoms with Crippen molar-refractivity contribution in [2.45, 2.75) is 143 Å². The van der Waals surface area contributed by atoms with Gasteiger partial charge < -0.3 is 38.4 Å². The molecule has 2 fully saturated rings. The predicted octanol–water partition coefficient (Wildman–Crippen LogP) is 6.50. The fraction of sp³-hybridized carbons (Fsp3) is 0.644. The standard InChI is InChI=1S/C45H66N2O10/c1-13-37-45(10,51)41-31(6)38(46-32(7)48)29(4)24-44(9,53-26-35(25-52-41)21-17-20-34-18-15-14-16-19-34)40(27(2)22-28(3)42(50)56-37)57-43-39(55-33(8)49)36(47(11)12)23-30(5)54-43/h14-22,27,29-31,36-37,39-41,43,51H,13,23-26H2,1-12H3/b20-17+,28-22-,35-21+,46-38?/t27-,29+,30+,31-,36-,37+,39+,40+,41-,43-,44+,45+/m0/s1. The van der Waals surface area contributed by atoms with Gasteiger partial charge in [-0.05, 0) is 78.1 Å². The number of benzene rings is 1. The summed E-state index contributed by atoms with van der Waals surface area (Å²) in [7, 11) is 3.86. The van der Waals surface area contributed by atoms with Gasteiger partial charge in [0.1, 0.15) is 11.7 Å². The molecule has 0 unspecified atom stereocenters. The number of likely N-dealkylation sites (N-methyl/N-ethyl adjacent to an activating group) is 1. The van der Waals surface area contributed by atoms with Crippen LogP contribution in [0.25, 0.3) is 6.08 Å². The molecule has 3 aliphatic heterocycles. The minimum atomic E-state index is -1.70. The lowest BCUT2D eigenvalue weighted by Crippen LogP contribution is -2.59. The molecule has 0 radical (unpaired) electrons. The largest absolute Gasteiger partial charge is 0.456 e.